The molecule has 0 aliphatic carbocycles. The largest absolute Gasteiger partial charge is 0.458 e. The third-order valence-electron chi connectivity index (χ3n) is 13.3. The third kappa shape index (κ3) is 4.89. The fraction of sp³-hybridized carbons (Fsp3) is 0.0179. The van der Waals surface area contributed by atoms with Gasteiger partial charge in [0.15, 0.2) is 16.1 Å². The van der Waals surface area contributed by atoms with Crippen molar-refractivity contribution in [2.24, 2.45) is 0 Å². The summed E-state index contributed by atoms with van der Waals surface area (Å²) in [5.74, 6) is 4.15. The highest BCUT2D eigenvalue weighted by atomic mass is 28.3. The zero-order valence-corrected chi connectivity index (χ0v) is 35.9. The minimum atomic E-state index is -3.36. The highest BCUT2D eigenvalue weighted by Gasteiger charge is 2.55. The number of aromatic nitrogens is 3. The van der Waals surface area contributed by atoms with Gasteiger partial charge in [-0.15, -0.1) is 0 Å². The summed E-state index contributed by atoms with van der Waals surface area (Å²) in [5, 5.41) is 9.51. The monoisotopic (exact) mass is 844 g/mol. The summed E-state index contributed by atoms with van der Waals surface area (Å²) in [6.07, 6.45) is 0. The number of hydrogen-bond donors (Lipinski definition) is 0. The topological polar surface area (TPSA) is 40.7 Å². The van der Waals surface area contributed by atoms with Crippen molar-refractivity contribution < 1.29 is 13.6 Å². The van der Waals surface area contributed by atoms with Crippen LogP contribution in [0.1, 0.15) is 9.68 Å². The number of benzene rings is 9. The van der Waals surface area contributed by atoms with Gasteiger partial charge >= 0.3 is 0 Å². The first-order valence-corrected chi connectivity index (χ1v) is 25.3. The van der Waals surface area contributed by atoms with E-state index >= 15 is 0 Å². The second-order valence-electron chi connectivity index (χ2n) is 16.4. The Bertz CT molecular complexity index is 3630. The Morgan fingerprint density at radius 3 is 1.67 bits per heavy atom. The Kier molecular flexibility index (Phi) is 7.14. The van der Waals surface area contributed by atoms with Crippen molar-refractivity contribution in [3.05, 3.63) is 224 Å². The van der Waals surface area contributed by atoms with Gasteiger partial charge in [0, 0.05) is 9.80 Å². The second-order valence-corrected chi connectivity index (χ2v) is 23.8. The maximum absolute atomic E-state index is 8.41. The average molecular weight is 845 g/mol. The van der Waals surface area contributed by atoms with Crippen molar-refractivity contribution in [2.75, 3.05) is 0 Å². The van der Waals surface area contributed by atoms with Gasteiger partial charge < -0.3 is 9.47 Å². The Hall–Kier alpha value is -7.72. The first-order valence-electron chi connectivity index (χ1n) is 22.8. The van der Waals surface area contributed by atoms with E-state index in [2.05, 4.69) is 197 Å². The average Bonchev–Trinajstić information content (AvgIpc) is 3.90. The van der Waals surface area contributed by atoms with Gasteiger partial charge in [0.1, 0.15) is 23.0 Å². The number of rotatable bonds is 5. The normalized spacial score (nSPS) is 14.4. The van der Waals surface area contributed by atoms with Crippen LogP contribution in [0.4, 0.5) is 0 Å². The Labute approximate surface area is 371 Å². The molecule has 0 fully saturated rings. The van der Waals surface area contributed by atoms with E-state index in [1.165, 1.54) is 31.1 Å². The minimum absolute atomic E-state index is 0.235. The molecule has 2 aliphatic rings. The van der Waals surface area contributed by atoms with Crippen molar-refractivity contribution >= 4 is 85.5 Å². The minimum Gasteiger partial charge on any atom is -0.458 e. The molecule has 1 spiro atoms. The van der Waals surface area contributed by atoms with Crippen LogP contribution >= 0.6 is 0 Å². The molecule has 2 aliphatic heterocycles. The first kappa shape index (κ1) is 33.0. The summed E-state index contributed by atoms with van der Waals surface area (Å²) in [7, 11) is -6.46. The SMILES string of the molecule is [2H]C([2H])([2H])c1cccc2c1nc1n(-c3cccc([Si](c4ccccc4)(c4ccccc4)c4cccc5c4Oc4ccccc4[Si]54c5ccccc5Oc5ccccc54)c3)c3ccccc3n21. The van der Waals surface area contributed by atoms with E-state index in [0.717, 1.165) is 55.6 Å². The third-order valence-corrected chi connectivity index (χ3v) is 23.0. The van der Waals surface area contributed by atoms with Gasteiger partial charge in [-0.1, -0.05) is 170 Å². The van der Waals surface area contributed by atoms with Crippen LogP contribution in [0.3, 0.4) is 0 Å². The number of ether oxygens (including phenoxy) is 2. The number of para-hydroxylation sites is 7. The molecule has 11 aromatic rings. The number of imidazole rings is 2. The standard InChI is InChI=1S/C56H39N3O2Si2/c1-38-19-16-28-45-54(38)57-56-58(43-26-8-9-27-44(43)59(45)56)39-20-17-25-42(37-39)62(40-21-4-2-5-22-40,41-23-6-3-7-24-41)52-35-18-36-53-55(52)61-48-31-12-15-34-51(48)63(53)49-32-13-10-29-46(49)60-47-30-11-14-33-50(47)63/h2-37H,1H3/i1D3. The summed E-state index contributed by atoms with van der Waals surface area (Å²) < 4.78 is 43.8. The first-order chi connectivity index (χ1) is 32.4. The van der Waals surface area contributed by atoms with E-state index in [1.807, 2.05) is 24.3 Å². The lowest BCUT2D eigenvalue weighted by atomic mass is 10.2. The Morgan fingerprint density at radius 1 is 0.476 bits per heavy atom. The lowest BCUT2D eigenvalue weighted by Crippen LogP contribution is -2.80. The van der Waals surface area contributed by atoms with Crippen molar-refractivity contribution in [3.8, 4) is 28.7 Å². The molecular weight excluding hydrogens is 803 g/mol. The fourth-order valence-electron chi connectivity index (χ4n) is 10.8. The van der Waals surface area contributed by atoms with Crippen molar-refractivity contribution in [1.29, 1.82) is 0 Å². The van der Waals surface area contributed by atoms with Crippen LogP contribution in [0.25, 0.3) is 33.5 Å². The van der Waals surface area contributed by atoms with Gasteiger partial charge in [0.2, 0.25) is 5.78 Å². The van der Waals surface area contributed by atoms with E-state index < -0.39 is 23.0 Å². The summed E-state index contributed by atoms with van der Waals surface area (Å²) in [5.41, 5.74) is 4.29. The molecule has 0 saturated heterocycles. The molecule has 0 unspecified atom stereocenters. The molecule has 298 valence electrons. The number of fused-ring (bicyclic) bond motifs is 13. The molecule has 0 N–H and O–H groups in total. The van der Waals surface area contributed by atoms with Crippen molar-refractivity contribution in [2.45, 2.75) is 6.85 Å². The number of aryl methyl sites for hydroxylation is 1. The fourth-order valence-corrected chi connectivity index (χ4v) is 21.0. The molecule has 2 aromatic heterocycles. The van der Waals surface area contributed by atoms with Crippen molar-refractivity contribution in [1.82, 2.24) is 14.0 Å². The molecule has 0 saturated carbocycles. The summed E-state index contributed by atoms with van der Waals surface area (Å²) >= 11 is 0. The Balaban J connectivity index is 1.15. The second kappa shape index (κ2) is 13.6. The molecule has 0 radical (unpaired) electrons. The van der Waals surface area contributed by atoms with E-state index in [0.29, 0.717) is 11.3 Å². The molecule has 5 nitrogen and oxygen atoms in total. The van der Waals surface area contributed by atoms with Crippen molar-refractivity contribution in [3.63, 3.8) is 0 Å². The van der Waals surface area contributed by atoms with E-state index in [9.17, 15) is 0 Å². The van der Waals surface area contributed by atoms with Crippen LogP contribution in [0, 0.1) is 6.85 Å². The Morgan fingerprint density at radius 2 is 1.00 bits per heavy atom. The number of hydrogen-bond acceptors (Lipinski definition) is 3. The van der Waals surface area contributed by atoms with Crippen LogP contribution in [-0.2, 0) is 0 Å². The summed E-state index contributed by atoms with van der Waals surface area (Å²) in [6, 6.07) is 77.2. The van der Waals surface area contributed by atoms with Gasteiger partial charge in [-0.25, -0.2) is 4.98 Å². The smallest absolute Gasteiger partial charge is 0.220 e. The molecule has 63 heavy (non-hydrogen) atoms. The lowest BCUT2D eigenvalue weighted by Gasteiger charge is -2.45. The number of nitrogens with zero attached hydrogens (tertiary/aromatic N) is 3. The van der Waals surface area contributed by atoms with Gasteiger partial charge in [-0.2, -0.15) is 0 Å². The zero-order valence-electron chi connectivity index (χ0n) is 36.9. The van der Waals surface area contributed by atoms with Gasteiger partial charge in [-0.3, -0.25) is 8.97 Å². The molecule has 7 heteroatoms. The van der Waals surface area contributed by atoms with Gasteiger partial charge in [-0.05, 0) is 102 Å². The van der Waals surface area contributed by atoms with Gasteiger partial charge in [0.05, 0.1) is 22.1 Å². The maximum atomic E-state index is 8.41. The van der Waals surface area contributed by atoms with Gasteiger partial charge in [0.25, 0.3) is 0 Å². The summed E-state index contributed by atoms with van der Waals surface area (Å²) in [6.45, 7) is -2.33. The van der Waals surface area contributed by atoms with Crippen LogP contribution in [0.15, 0.2) is 218 Å². The maximum Gasteiger partial charge on any atom is 0.220 e. The predicted molar refractivity (Wildman–Crippen MR) is 262 cm³/mol. The molecule has 13 rings (SSSR count). The zero-order chi connectivity index (χ0) is 44.2. The highest BCUT2D eigenvalue weighted by molar-refractivity contribution is 7.23. The quantitative estimate of drug-likeness (QED) is 0.132. The molecule has 4 heterocycles. The molecular formula is C56H39N3O2Si2. The lowest BCUT2D eigenvalue weighted by molar-refractivity contribution is 0.483. The van der Waals surface area contributed by atoms with E-state index in [-0.39, 0.29) is 5.56 Å². The van der Waals surface area contributed by atoms with E-state index in [4.69, 9.17) is 18.6 Å². The predicted octanol–water partition coefficient (Wildman–Crippen LogP) is 7.71. The van der Waals surface area contributed by atoms with Crippen LogP contribution in [-0.4, -0.2) is 30.1 Å². The van der Waals surface area contributed by atoms with Crippen LogP contribution < -0.4 is 51.0 Å². The summed E-state index contributed by atoms with van der Waals surface area (Å²) in [4.78, 5) is 5.18. The highest BCUT2D eigenvalue weighted by Crippen LogP contribution is 2.37. The van der Waals surface area contributed by atoms with Crippen LogP contribution in [0.5, 0.6) is 23.0 Å². The molecule has 9 aromatic carbocycles. The molecule has 0 atom stereocenters. The van der Waals surface area contributed by atoms with E-state index in [1.54, 1.807) is 6.07 Å². The van der Waals surface area contributed by atoms with Crippen LogP contribution in [0.2, 0.25) is 0 Å². The molecule has 0 bridgehead atoms. The molecule has 0 amide bonds.